The summed E-state index contributed by atoms with van der Waals surface area (Å²) in [7, 11) is 0. The van der Waals surface area contributed by atoms with E-state index in [9.17, 15) is 0 Å². The molecule has 0 aliphatic heterocycles. The van der Waals surface area contributed by atoms with Crippen LogP contribution >= 0.6 is 0 Å². The molecule has 0 saturated heterocycles. The SMILES string of the molecule is CCC1(CNc2ccc(N)c3cnc(C)cc23)CCC1. The number of anilines is 2. The predicted molar refractivity (Wildman–Crippen MR) is 86.0 cm³/mol. The van der Waals surface area contributed by atoms with Crippen LogP contribution in [0.25, 0.3) is 10.8 Å². The largest absolute Gasteiger partial charge is 0.398 e. The minimum absolute atomic E-state index is 0.510. The zero-order valence-corrected chi connectivity index (χ0v) is 12.4. The topological polar surface area (TPSA) is 50.9 Å². The van der Waals surface area contributed by atoms with E-state index < -0.39 is 0 Å². The van der Waals surface area contributed by atoms with Crippen LogP contribution in [0.2, 0.25) is 0 Å². The summed E-state index contributed by atoms with van der Waals surface area (Å²) in [4.78, 5) is 4.35. The van der Waals surface area contributed by atoms with Crippen molar-refractivity contribution in [1.29, 1.82) is 0 Å². The van der Waals surface area contributed by atoms with Crippen LogP contribution in [0.3, 0.4) is 0 Å². The lowest BCUT2D eigenvalue weighted by Gasteiger charge is -2.41. The Balaban J connectivity index is 1.91. The molecule has 3 N–H and O–H groups in total. The molecule has 0 unspecified atom stereocenters. The summed E-state index contributed by atoms with van der Waals surface area (Å²) in [6.07, 6.45) is 7.21. The van der Waals surface area contributed by atoms with E-state index in [0.717, 1.165) is 23.3 Å². The van der Waals surface area contributed by atoms with Gasteiger partial charge in [0.15, 0.2) is 0 Å². The van der Waals surface area contributed by atoms with Gasteiger partial charge in [-0.2, -0.15) is 0 Å². The van der Waals surface area contributed by atoms with Gasteiger partial charge in [0.1, 0.15) is 0 Å². The van der Waals surface area contributed by atoms with Gasteiger partial charge < -0.3 is 11.1 Å². The Labute approximate surface area is 120 Å². The minimum atomic E-state index is 0.510. The maximum Gasteiger partial charge on any atom is 0.0422 e. The highest BCUT2D eigenvalue weighted by atomic mass is 14.9. The number of nitrogen functional groups attached to an aromatic ring is 1. The number of pyridine rings is 1. The molecule has 20 heavy (non-hydrogen) atoms. The first-order chi connectivity index (χ1) is 9.63. The summed E-state index contributed by atoms with van der Waals surface area (Å²) in [5, 5.41) is 5.88. The van der Waals surface area contributed by atoms with Crippen molar-refractivity contribution in [2.75, 3.05) is 17.6 Å². The maximum absolute atomic E-state index is 6.05. The van der Waals surface area contributed by atoms with Crippen molar-refractivity contribution < 1.29 is 0 Å². The van der Waals surface area contributed by atoms with Gasteiger partial charge in [0.25, 0.3) is 0 Å². The van der Waals surface area contributed by atoms with Crippen LogP contribution in [0, 0.1) is 12.3 Å². The molecular formula is C17H23N3. The van der Waals surface area contributed by atoms with Crippen LogP contribution in [0.4, 0.5) is 11.4 Å². The summed E-state index contributed by atoms with van der Waals surface area (Å²) in [5.74, 6) is 0. The van der Waals surface area contributed by atoms with Crippen LogP contribution in [0.15, 0.2) is 24.4 Å². The second-order valence-corrected chi connectivity index (χ2v) is 6.13. The van der Waals surface area contributed by atoms with Crippen LogP contribution in [-0.4, -0.2) is 11.5 Å². The standard InChI is InChI=1S/C17H23N3/c1-3-17(7-4-8-17)11-20-16-6-5-15(18)14-10-19-12(2)9-13(14)16/h5-6,9-10,20H,3-4,7-8,11,18H2,1-2H3. The average Bonchev–Trinajstić information content (AvgIpc) is 2.40. The Bertz CT molecular complexity index is 624. The van der Waals surface area contributed by atoms with Gasteiger partial charge in [-0.3, -0.25) is 4.98 Å². The number of fused-ring (bicyclic) bond motifs is 1. The summed E-state index contributed by atoms with van der Waals surface area (Å²) in [6, 6.07) is 6.19. The van der Waals surface area contributed by atoms with Crippen molar-refractivity contribution in [2.24, 2.45) is 5.41 Å². The third-order valence-electron chi connectivity index (χ3n) is 4.89. The first-order valence-electron chi connectivity index (χ1n) is 7.52. The van der Waals surface area contributed by atoms with Crippen molar-refractivity contribution in [1.82, 2.24) is 4.98 Å². The summed E-state index contributed by atoms with van der Waals surface area (Å²) >= 11 is 0. The number of nitrogens with one attached hydrogen (secondary N) is 1. The molecule has 1 fully saturated rings. The highest BCUT2D eigenvalue weighted by Crippen LogP contribution is 2.44. The fourth-order valence-electron chi connectivity index (χ4n) is 3.13. The van der Waals surface area contributed by atoms with Crippen LogP contribution in [0.1, 0.15) is 38.3 Å². The van der Waals surface area contributed by atoms with Gasteiger partial charge in [-0.05, 0) is 49.8 Å². The maximum atomic E-state index is 6.05. The number of aromatic nitrogens is 1. The van der Waals surface area contributed by atoms with Crippen LogP contribution in [0.5, 0.6) is 0 Å². The van der Waals surface area contributed by atoms with Crippen molar-refractivity contribution >= 4 is 22.1 Å². The number of nitrogens with zero attached hydrogens (tertiary/aromatic N) is 1. The van der Waals surface area contributed by atoms with E-state index in [0.29, 0.717) is 5.41 Å². The molecular weight excluding hydrogens is 246 g/mol. The Morgan fingerprint density at radius 1 is 1.30 bits per heavy atom. The van der Waals surface area contributed by atoms with E-state index in [2.05, 4.69) is 29.4 Å². The lowest BCUT2D eigenvalue weighted by Crippen LogP contribution is -2.35. The molecule has 0 radical (unpaired) electrons. The third-order valence-corrected chi connectivity index (χ3v) is 4.89. The van der Waals surface area contributed by atoms with E-state index in [1.165, 1.54) is 36.8 Å². The van der Waals surface area contributed by atoms with Gasteiger partial charge in [0.2, 0.25) is 0 Å². The zero-order chi connectivity index (χ0) is 14.2. The average molecular weight is 269 g/mol. The van der Waals surface area contributed by atoms with E-state index >= 15 is 0 Å². The number of aryl methyl sites for hydroxylation is 1. The molecule has 3 rings (SSSR count). The molecule has 2 aromatic rings. The molecule has 3 nitrogen and oxygen atoms in total. The molecule has 0 atom stereocenters. The van der Waals surface area contributed by atoms with Gasteiger partial charge in [0.05, 0.1) is 0 Å². The molecule has 0 amide bonds. The predicted octanol–water partition coefficient (Wildman–Crippen LogP) is 4.12. The van der Waals surface area contributed by atoms with Crippen molar-refractivity contribution in [3.05, 3.63) is 30.1 Å². The lowest BCUT2D eigenvalue weighted by molar-refractivity contribution is 0.145. The van der Waals surface area contributed by atoms with Crippen LogP contribution in [-0.2, 0) is 0 Å². The van der Waals surface area contributed by atoms with Gasteiger partial charge in [0, 0.05) is 40.6 Å². The smallest absolute Gasteiger partial charge is 0.0422 e. The second-order valence-electron chi connectivity index (χ2n) is 6.13. The lowest BCUT2D eigenvalue weighted by atomic mass is 9.67. The van der Waals surface area contributed by atoms with E-state index in [-0.39, 0.29) is 0 Å². The number of nitrogens with two attached hydrogens (primary N) is 1. The Hall–Kier alpha value is -1.77. The van der Waals surface area contributed by atoms with Gasteiger partial charge in [-0.25, -0.2) is 0 Å². The van der Waals surface area contributed by atoms with Gasteiger partial charge >= 0.3 is 0 Å². The summed E-state index contributed by atoms with van der Waals surface area (Å²) in [5.41, 5.74) is 9.57. The Morgan fingerprint density at radius 3 is 2.75 bits per heavy atom. The molecule has 1 aliphatic rings. The number of hydrogen-bond donors (Lipinski definition) is 2. The van der Waals surface area contributed by atoms with Crippen molar-refractivity contribution in [2.45, 2.75) is 39.5 Å². The molecule has 106 valence electrons. The first kappa shape index (κ1) is 13.2. The molecule has 0 spiro atoms. The number of hydrogen-bond acceptors (Lipinski definition) is 3. The highest BCUT2D eigenvalue weighted by Gasteiger charge is 2.34. The molecule has 1 aromatic carbocycles. The van der Waals surface area contributed by atoms with E-state index in [1.807, 2.05) is 19.2 Å². The minimum Gasteiger partial charge on any atom is -0.398 e. The Morgan fingerprint density at radius 2 is 2.10 bits per heavy atom. The zero-order valence-electron chi connectivity index (χ0n) is 12.4. The highest BCUT2D eigenvalue weighted by molar-refractivity contribution is 6.00. The third kappa shape index (κ3) is 2.21. The fourth-order valence-corrected chi connectivity index (χ4v) is 3.13. The monoisotopic (exact) mass is 269 g/mol. The first-order valence-corrected chi connectivity index (χ1v) is 7.52. The summed E-state index contributed by atoms with van der Waals surface area (Å²) < 4.78 is 0. The number of rotatable bonds is 4. The summed E-state index contributed by atoms with van der Waals surface area (Å²) in [6.45, 7) is 5.38. The van der Waals surface area contributed by atoms with E-state index in [4.69, 9.17) is 5.73 Å². The fraction of sp³-hybridized carbons (Fsp3) is 0.471. The van der Waals surface area contributed by atoms with Crippen molar-refractivity contribution in [3.63, 3.8) is 0 Å². The van der Waals surface area contributed by atoms with Crippen molar-refractivity contribution in [3.8, 4) is 0 Å². The quantitative estimate of drug-likeness (QED) is 0.821. The van der Waals surface area contributed by atoms with E-state index in [1.54, 1.807) is 0 Å². The molecule has 1 saturated carbocycles. The van der Waals surface area contributed by atoms with Gasteiger partial charge in [-0.1, -0.05) is 13.3 Å². The normalized spacial score (nSPS) is 16.9. The molecule has 1 aromatic heterocycles. The molecule has 3 heteroatoms. The Kier molecular flexibility index (Phi) is 3.28. The van der Waals surface area contributed by atoms with Gasteiger partial charge in [-0.15, -0.1) is 0 Å². The molecule has 1 aliphatic carbocycles. The van der Waals surface area contributed by atoms with Crippen LogP contribution < -0.4 is 11.1 Å². The molecule has 0 bridgehead atoms. The number of benzene rings is 1. The second kappa shape index (κ2) is 4.97. The molecule has 1 heterocycles.